The Labute approximate surface area is 186 Å². The van der Waals surface area contributed by atoms with Gasteiger partial charge in [0, 0.05) is 11.8 Å². The summed E-state index contributed by atoms with van der Waals surface area (Å²) in [6.07, 6.45) is 3.56. The number of hydrogen-bond acceptors (Lipinski definition) is 6. The third-order valence-corrected chi connectivity index (χ3v) is 5.31. The summed E-state index contributed by atoms with van der Waals surface area (Å²) in [5.41, 5.74) is 5.65. The second-order valence-electron chi connectivity index (χ2n) is 7.89. The summed E-state index contributed by atoms with van der Waals surface area (Å²) in [6, 6.07) is 10.5. The number of imidazole rings is 1. The van der Waals surface area contributed by atoms with Crippen LogP contribution in [0.4, 0.5) is 10.2 Å². The summed E-state index contributed by atoms with van der Waals surface area (Å²) >= 11 is 0. The maximum atomic E-state index is 14.3. The summed E-state index contributed by atoms with van der Waals surface area (Å²) in [4.78, 5) is 8.80. The molecule has 0 unspecified atom stereocenters. The van der Waals surface area contributed by atoms with Gasteiger partial charge in [0.15, 0.2) is 5.82 Å². The number of aliphatic hydroxyl groups is 1. The molecule has 0 aliphatic carbocycles. The molecule has 0 amide bonds. The van der Waals surface area contributed by atoms with E-state index in [0.717, 1.165) is 22.5 Å². The highest BCUT2D eigenvalue weighted by Crippen LogP contribution is 2.26. The van der Waals surface area contributed by atoms with E-state index in [1.165, 1.54) is 6.07 Å². The molecular weight excluding hydrogens is 407 g/mol. The molecule has 0 aliphatic rings. The van der Waals surface area contributed by atoms with Gasteiger partial charge in [-0.2, -0.15) is 0 Å². The number of nitrogens with one attached hydrogen (secondary N) is 1. The van der Waals surface area contributed by atoms with E-state index >= 15 is 0 Å². The van der Waals surface area contributed by atoms with Gasteiger partial charge < -0.3 is 15.0 Å². The van der Waals surface area contributed by atoms with Gasteiger partial charge in [0.2, 0.25) is 0 Å². The lowest BCUT2D eigenvalue weighted by Gasteiger charge is -2.17. The van der Waals surface area contributed by atoms with Crippen LogP contribution in [0, 0.1) is 26.6 Å². The lowest BCUT2D eigenvalue weighted by molar-refractivity contribution is 0.276. The topological polar surface area (TPSA) is 88.8 Å². The SMILES string of the molecule is Cc1ccc([C@H](C)Nc2nnc(-c3ccc(-n4cnc(C)c4)c(CO)n3)cc2C)c(F)c1. The molecular formula is C24H25FN6O. The van der Waals surface area contributed by atoms with Crippen molar-refractivity contribution in [1.29, 1.82) is 0 Å². The number of nitrogens with zero attached hydrogens (tertiary/aromatic N) is 5. The second-order valence-corrected chi connectivity index (χ2v) is 7.89. The van der Waals surface area contributed by atoms with Crippen molar-refractivity contribution < 1.29 is 9.50 Å². The quantitative estimate of drug-likeness (QED) is 0.468. The van der Waals surface area contributed by atoms with Crippen LogP contribution < -0.4 is 5.32 Å². The van der Waals surface area contributed by atoms with Crippen LogP contribution >= 0.6 is 0 Å². The Balaban J connectivity index is 1.59. The van der Waals surface area contributed by atoms with Crippen molar-refractivity contribution >= 4 is 5.82 Å². The Morgan fingerprint density at radius 1 is 1.06 bits per heavy atom. The normalized spacial score (nSPS) is 12.1. The lowest BCUT2D eigenvalue weighted by atomic mass is 10.1. The summed E-state index contributed by atoms with van der Waals surface area (Å²) in [6.45, 7) is 7.34. The molecule has 2 N–H and O–H groups in total. The molecule has 0 bridgehead atoms. The van der Waals surface area contributed by atoms with Gasteiger partial charge >= 0.3 is 0 Å². The maximum absolute atomic E-state index is 14.3. The van der Waals surface area contributed by atoms with Gasteiger partial charge in [-0.05, 0) is 63.1 Å². The molecule has 3 aromatic heterocycles. The first-order chi connectivity index (χ1) is 15.4. The standard InChI is InChI=1S/C24H25FN6O/c1-14-5-6-18(19(25)9-14)17(4)27-24-15(2)10-21(29-30-24)20-7-8-23(22(12-32)28-20)31-11-16(3)26-13-31/h5-11,13,17,32H,12H2,1-4H3,(H,27,30)/t17-/m0/s1. The molecule has 0 saturated carbocycles. The number of hydrogen-bond donors (Lipinski definition) is 2. The van der Waals surface area contributed by atoms with Crippen molar-refractivity contribution in [2.75, 3.05) is 5.32 Å². The molecule has 3 heterocycles. The number of pyridine rings is 1. The Morgan fingerprint density at radius 2 is 1.88 bits per heavy atom. The predicted octanol–water partition coefficient (Wildman–Crippen LogP) is 4.45. The van der Waals surface area contributed by atoms with Crippen LogP contribution in [0.15, 0.2) is 48.9 Å². The van der Waals surface area contributed by atoms with Gasteiger partial charge in [-0.3, -0.25) is 0 Å². The molecule has 0 spiro atoms. The monoisotopic (exact) mass is 432 g/mol. The van der Waals surface area contributed by atoms with E-state index in [-0.39, 0.29) is 18.5 Å². The number of rotatable bonds is 6. The van der Waals surface area contributed by atoms with Crippen molar-refractivity contribution in [3.63, 3.8) is 0 Å². The number of aryl methyl sites for hydroxylation is 3. The predicted molar refractivity (Wildman–Crippen MR) is 121 cm³/mol. The van der Waals surface area contributed by atoms with Crippen LogP contribution in [0.1, 0.15) is 41.0 Å². The molecule has 1 aromatic carbocycles. The first-order valence-electron chi connectivity index (χ1n) is 10.3. The van der Waals surface area contributed by atoms with Gasteiger partial charge in [0.05, 0.1) is 41.7 Å². The number of aliphatic hydroxyl groups excluding tert-OH is 1. The summed E-state index contributed by atoms with van der Waals surface area (Å²) in [5.74, 6) is 0.329. The first-order valence-corrected chi connectivity index (χ1v) is 10.3. The smallest absolute Gasteiger partial charge is 0.152 e. The third-order valence-electron chi connectivity index (χ3n) is 5.31. The maximum Gasteiger partial charge on any atom is 0.152 e. The van der Waals surface area contributed by atoms with Crippen molar-refractivity contribution in [3.8, 4) is 17.1 Å². The summed E-state index contributed by atoms with van der Waals surface area (Å²) in [7, 11) is 0. The fourth-order valence-corrected chi connectivity index (χ4v) is 3.56. The van der Waals surface area contributed by atoms with Gasteiger partial charge in [0.25, 0.3) is 0 Å². The van der Waals surface area contributed by atoms with E-state index in [0.29, 0.717) is 28.5 Å². The Morgan fingerprint density at radius 3 is 2.53 bits per heavy atom. The van der Waals surface area contributed by atoms with E-state index in [2.05, 4.69) is 25.5 Å². The number of halogens is 1. The fraction of sp³-hybridized carbons (Fsp3) is 0.250. The van der Waals surface area contributed by atoms with Gasteiger partial charge in [-0.1, -0.05) is 12.1 Å². The van der Waals surface area contributed by atoms with Crippen molar-refractivity contribution in [2.24, 2.45) is 0 Å². The van der Waals surface area contributed by atoms with Crippen LogP contribution in [0.5, 0.6) is 0 Å². The number of anilines is 1. The average Bonchev–Trinajstić information content (AvgIpc) is 3.20. The number of benzene rings is 1. The van der Waals surface area contributed by atoms with Crippen LogP contribution in [-0.4, -0.2) is 29.8 Å². The minimum Gasteiger partial charge on any atom is -0.390 e. The van der Waals surface area contributed by atoms with Crippen LogP contribution in [0.25, 0.3) is 17.1 Å². The zero-order valence-electron chi connectivity index (χ0n) is 18.5. The zero-order chi connectivity index (χ0) is 22.8. The van der Waals surface area contributed by atoms with Gasteiger partial charge in [0.1, 0.15) is 11.5 Å². The molecule has 4 aromatic rings. The molecule has 0 aliphatic heterocycles. The average molecular weight is 433 g/mol. The minimum atomic E-state index is -0.272. The molecule has 1 atom stereocenters. The van der Waals surface area contributed by atoms with Crippen molar-refractivity contribution in [3.05, 3.63) is 82.8 Å². The highest BCUT2D eigenvalue weighted by Gasteiger charge is 2.15. The van der Waals surface area contributed by atoms with Gasteiger partial charge in [-0.15, -0.1) is 10.2 Å². The van der Waals surface area contributed by atoms with E-state index in [1.807, 2.05) is 62.7 Å². The second kappa shape index (κ2) is 8.84. The van der Waals surface area contributed by atoms with Crippen LogP contribution in [-0.2, 0) is 6.61 Å². The van der Waals surface area contributed by atoms with Gasteiger partial charge in [-0.25, -0.2) is 14.4 Å². The van der Waals surface area contributed by atoms with E-state index in [4.69, 9.17) is 0 Å². The Hall–Kier alpha value is -3.65. The van der Waals surface area contributed by atoms with Crippen LogP contribution in [0.2, 0.25) is 0 Å². The van der Waals surface area contributed by atoms with Crippen molar-refractivity contribution in [1.82, 2.24) is 24.7 Å². The van der Waals surface area contributed by atoms with E-state index < -0.39 is 0 Å². The molecule has 0 saturated heterocycles. The first kappa shape index (κ1) is 21.6. The molecule has 4 rings (SSSR count). The van der Waals surface area contributed by atoms with E-state index in [9.17, 15) is 9.50 Å². The summed E-state index contributed by atoms with van der Waals surface area (Å²) in [5, 5.41) is 21.7. The molecule has 0 fully saturated rings. The minimum absolute atomic E-state index is 0.216. The molecule has 8 heteroatoms. The van der Waals surface area contributed by atoms with Crippen molar-refractivity contribution in [2.45, 2.75) is 40.3 Å². The third kappa shape index (κ3) is 4.36. The highest BCUT2D eigenvalue weighted by molar-refractivity contribution is 5.60. The lowest BCUT2D eigenvalue weighted by Crippen LogP contribution is -2.12. The number of aromatic nitrogens is 5. The molecule has 0 radical (unpaired) electrons. The fourth-order valence-electron chi connectivity index (χ4n) is 3.56. The van der Waals surface area contributed by atoms with Crippen LogP contribution in [0.3, 0.4) is 0 Å². The highest BCUT2D eigenvalue weighted by atomic mass is 19.1. The Bertz CT molecular complexity index is 1270. The summed E-state index contributed by atoms with van der Waals surface area (Å²) < 4.78 is 16.1. The zero-order valence-corrected chi connectivity index (χ0v) is 18.5. The van der Waals surface area contributed by atoms with E-state index in [1.54, 1.807) is 12.4 Å². The molecule has 7 nitrogen and oxygen atoms in total. The Kier molecular flexibility index (Phi) is 5.96. The molecule has 32 heavy (non-hydrogen) atoms. The largest absolute Gasteiger partial charge is 0.390 e. The molecule has 164 valence electrons.